The Kier molecular flexibility index (Phi) is 11.2. The Morgan fingerprint density at radius 2 is 1.57 bits per heavy atom. The number of hydrogen-bond acceptors (Lipinski definition) is 4. The SMILES string of the molecule is CCCCCCCCCc1ccc(Oc2cccc(S(=O)(=O)O)c2)cc1[O-].[Na+]. The van der Waals surface area contributed by atoms with Gasteiger partial charge >= 0.3 is 29.6 Å². The Bertz CT molecular complexity index is 836. The quantitative estimate of drug-likeness (QED) is 0.346. The summed E-state index contributed by atoms with van der Waals surface area (Å²) in [7, 11) is -4.29. The molecule has 7 heteroatoms. The van der Waals surface area contributed by atoms with Gasteiger partial charge in [-0.15, -0.1) is 5.75 Å². The molecule has 148 valence electrons. The Balaban J connectivity index is 0.00000392. The molecule has 0 aromatic heterocycles. The van der Waals surface area contributed by atoms with Gasteiger partial charge in [0.15, 0.2) is 0 Å². The Morgan fingerprint density at radius 1 is 0.929 bits per heavy atom. The summed E-state index contributed by atoms with van der Waals surface area (Å²) >= 11 is 0. The molecule has 0 radical (unpaired) electrons. The number of unbranched alkanes of at least 4 members (excludes halogenated alkanes) is 6. The molecule has 0 saturated heterocycles. The fourth-order valence-corrected chi connectivity index (χ4v) is 3.43. The maximum absolute atomic E-state index is 12.2. The summed E-state index contributed by atoms with van der Waals surface area (Å²) < 4.78 is 37.0. The van der Waals surface area contributed by atoms with Crippen molar-refractivity contribution in [3.05, 3.63) is 48.0 Å². The zero-order valence-corrected chi connectivity index (χ0v) is 19.5. The summed E-state index contributed by atoms with van der Waals surface area (Å²) in [6.45, 7) is 2.20. The zero-order valence-electron chi connectivity index (χ0n) is 16.7. The molecule has 5 nitrogen and oxygen atoms in total. The van der Waals surface area contributed by atoms with E-state index in [0.717, 1.165) is 24.8 Å². The van der Waals surface area contributed by atoms with Gasteiger partial charge in [0.1, 0.15) is 11.5 Å². The second kappa shape index (κ2) is 12.5. The van der Waals surface area contributed by atoms with Gasteiger partial charge in [0.25, 0.3) is 10.1 Å². The van der Waals surface area contributed by atoms with Gasteiger partial charge in [-0.1, -0.05) is 63.1 Å². The van der Waals surface area contributed by atoms with Gasteiger partial charge in [0, 0.05) is 6.07 Å². The average Bonchev–Trinajstić information content (AvgIpc) is 2.62. The number of ether oxygens (including phenoxy) is 1. The van der Waals surface area contributed by atoms with Crippen LogP contribution in [-0.4, -0.2) is 13.0 Å². The molecule has 2 rings (SSSR count). The zero-order chi connectivity index (χ0) is 19.7. The van der Waals surface area contributed by atoms with Crippen LogP contribution in [0.1, 0.15) is 57.4 Å². The topological polar surface area (TPSA) is 86.7 Å². The monoisotopic (exact) mass is 414 g/mol. The Hall–Kier alpha value is -1.05. The molecule has 0 unspecified atom stereocenters. The first-order valence-electron chi connectivity index (χ1n) is 9.45. The van der Waals surface area contributed by atoms with Gasteiger partial charge < -0.3 is 9.84 Å². The van der Waals surface area contributed by atoms with Crippen molar-refractivity contribution in [2.45, 2.75) is 63.2 Å². The maximum atomic E-state index is 12.2. The smallest absolute Gasteiger partial charge is 0.872 e. The molecule has 0 atom stereocenters. The van der Waals surface area contributed by atoms with E-state index in [-0.39, 0.29) is 46.0 Å². The van der Waals surface area contributed by atoms with Crippen molar-refractivity contribution < 1.29 is 52.4 Å². The normalized spacial score (nSPS) is 11.1. The van der Waals surface area contributed by atoms with E-state index in [1.54, 1.807) is 18.2 Å². The van der Waals surface area contributed by atoms with Crippen LogP contribution in [0.2, 0.25) is 0 Å². The number of aryl methyl sites for hydroxylation is 1. The molecule has 28 heavy (non-hydrogen) atoms. The molecular weight excluding hydrogens is 387 g/mol. The summed E-state index contributed by atoms with van der Waals surface area (Å²) in [4.78, 5) is -0.252. The molecular formula is C21H27NaO5S. The molecule has 0 fully saturated rings. The predicted molar refractivity (Wildman–Crippen MR) is 104 cm³/mol. The van der Waals surface area contributed by atoms with Crippen LogP contribution in [0.25, 0.3) is 0 Å². The summed E-state index contributed by atoms with van der Waals surface area (Å²) in [5, 5.41) is 12.2. The summed E-state index contributed by atoms with van der Waals surface area (Å²) in [5.41, 5.74) is 0.766. The number of hydrogen-bond donors (Lipinski definition) is 1. The van der Waals surface area contributed by atoms with Gasteiger partial charge in [0.05, 0.1) is 4.90 Å². The van der Waals surface area contributed by atoms with E-state index in [0.29, 0.717) is 5.75 Å². The van der Waals surface area contributed by atoms with E-state index in [4.69, 9.17) is 9.29 Å². The van der Waals surface area contributed by atoms with Gasteiger partial charge in [-0.25, -0.2) is 0 Å². The third-order valence-electron chi connectivity index (χ3n) is 4.43. The molecule has 0 aliphatic heterocycles. The molecule has 0 aliphatic carbocycles. The van der Waals surface area contributed by atoms with Crippen molar-refractivity contribution in [3.63, 3.8) is 0 Å². The third kappa shape index (κ3) is 8.53. The number of rotatable bonds is 11. The molecule has 0 heterocycles. The Morgan fingerprint density at radius 3 is 2.21 bits per heavy atom. The molecule has 1 N–H and O–H groups in total. The molecule has 2 aromatic carbocycles. The van der Waals surface area contributed by atoms with E-state index < -0.39 is 10.1 Å². The minimum atomic E-state index is -4.29. The van der Waals surface area contributed by atoms with Crippen molar-refractivity contribution >= 4 is 10.1 Å². The first-order chi connectivity index (χ1) is 12.9. The minimum absolute atomic E-state index is 0. The van der Waals surface area contributed by atoms with Crippen LogP contribution in [0.4, 0.5) is 0 Å². The fraction of sp³-hybridized carbons (Fsp3) is 0.429. The minimum Gasteiger partial charge on any atom is -0.872 e. The molecule has 2 aromatic rings. The Labute approximate surface area is 190 Å². The standard InChI is InChI=1S/C21H28O5S.Na/c1-2-3-4-5-6-7-8-10-17-13-14-19(16-21(17)22)26-18-11-9-12-20(15-18)27(23,24)25;/h9,11-16,22H,2-8,10H2,1H3,(H,23,24,25);/q;+1/p-1. The summed E-state index contributed by atoms with van der Waals surface area (Å²) in [5.74, 6) is 0.504. The first kappa shape index (κ1) is 25.0. The van der Waals surface area contributed by atoms with E-state index in [1.165, 1.54) is 56.4 Å². The molecule has 0 aliphatic rings. The van der Waals surface area contributed by atoms with E-state index in [9.17, 15) is 13.5 Å². The van der Waals surface area contributed by atoms with Crippen LogP contribution in [0.3, 0.4) is 0 Å². The van der Waals surface area contributed by atoms with Crippen molar-refractivity contribution in [2.75, 3.05) is 0 Å². The summed E-state index contributed by atoms with van der Waals surface area (Å²) in [6, 6.07) is 10.4. The van der Waals surface area contributed by atoms with Gasteiger partial charge in [0.2, 0.25) is 0 Å². The van der Waals surface area contributed by atoms with Gasteiger partial charge in [-0.2, -0.15) is 8.42 Å². The van der Waals surface area contributed by atoms with Crippen LogP contribution < -0.4 is 39.4 Å². The molecule has 0 bridgehead atoms. The van der Waals surface area contributed by atoms with Crippen molar-refractivity contribution in [1.82, 2.24) is 0 Å². The van der Waals surface area contributed by atoms with E-state index >= 15 is 0 Å². The second-order valence-corrected chi connectivity index (χ2v) is 8.11. The number of benzene rings is 2. The van der Waals surface area contributed by atoms with Crippen molar-refractivity contribution in [3.8, 4) is 17.2 Å². The molecule has 0 amide bonds. The van der Waals surface area contributed by atoms with Crippen LogP contribution in [0.5, 0.6) is 17.2 Å². The predicted octanol–water partition coefficient (Wildman–Crippen LogP) is 2.10. The third-order valence-corrected chi connectivity index (χ3v) is 5.28. The van der Waals surface area contributed by atoms with Crippen molar-refractivity contribution in [2.24, 2.45) is 0 Å². The largest absolute Gasteiger partial charge is 1.00 e. The van der Waals surface area contributed by atoms with Crippen LogP contribution in [0.15, 0.2) is 47.4 Å². The van der Waals surface area contributed by atoms with E-state index in [2.05, 4.69) is 6.92 Å². The van der Waals surface area contributed by atoms with E-state index in [1.807, 2.05) is 0 Å². The average molecular weight is 414 g/mol. The first-order valence-corrected chi connectivity index (χ1v) is 10.9. The van der Waals surface area contributed by atoms with Crippen LogP contribution >= 0.6 is 0 Å². The molecule has 0 saturated carbocycles. The van der Waals surface area contributed by atoms with Crippen LogP contribution in [-0.2, 0) is 16.5 Å². The van der Waals surface area contributed by atoms with Gasteiger partial charge in [-0.05, 0) is 37.1 Å². The van der Waals surface area contributed by atoms with Crippen LogP contribution in [0, 0.1) is 0 Å². The summed E-state index contributed by atoms with van der Waals surface area (Å²) in [6.07, 6.45) is 9.17. The molecule has 0 spiro atoms. The van der Waals surface area contributed by atoms with Gasteiger partial charge in [-0.3, -0.25) is 4.55 Å². The second-order valence-electron chi connectivity index (χ2n) is 6.69. The fourth-order valence-electron chi connectivity index (χ4n) is 2.91. The van der Waals surface area contributed by atoms with Crippen molar-refractivity contribution in [1.29, 1.82) is 0 Å². The maximum Gasteiger partial charge on any atom is 1.00 e.